The van der Waals surface area contributed by atoms with Crippen molar-refractivity contribution in [2.45, 2.75) is 38.1 Å². The number of carbonyl (C=O) groups excluding carboxylic acids is 1. The van der Waals surface area contributed by atoms with E-state index in [-0.39, 0.29) is 6.04 Å². The quantitative estimate of drug-likeness (QED) is 0.862. The molecule has 1 aliphatic heterocycles. The van der Waals surface area contributed by atoms with E-state index in [9.17, 15) is 4.79 Å². The number of fused-ring (bicyclic) bond motifs is 1. The maximum absolute atomic E-state index is 12.6. The first kappa shape index (κ1) is 11.7. The second-order valence-electron chi connectivity index (χ2n) is 5.18. The first-order chi connectivity index (χ1) is 8.86. The molecule has 1 atom stereocenters. The summed E-state index contributed by atoms with van der Waals surface area (Å²) in [7, 11) is 0. The fraction of sp³-hybridized carbons (Fsp3) is 0.438. The predicted molar refractivity (Wildman–Crippen MR) is 72.4 cm³/mol. The molecule has 0 saturated carbocycles. The Balaban J connectivity index is 1.89. The Morgan fingerprint density at radius 1 is 1.17 bits per heavy atom. The molecule has 2 heteroatoms. The summed E-state index contributed by atoms with van der Waals surface area (Å²) in [5.41, 5.74) is 3.54. The van der Waals surface area contributed by atoms with Gasteiger partial charge in [0.25, 0.3) is 0 Å². The van der Waals surface area contributed by atoms with Crippen molar-refractivity contribution < 1.29 is 4.79 Å². The molecule has 3 rings (SSSR count). The zero-order chi connectivity index (χ0) is 12.4. The summed E-state index contributed by atoms with van der Waals surface area (Å²) in [6, 6.07) is 8.21. The smallest absolute Gasteiger partial charge is 0.179 e. The van der Waals surface area contributed by atoms with Crippen molar-refractivity contribution in [1.29, 1.82) is 0 Å². The molecule has 0 radical (unpaired) electrons. The molecule has 1 N–H and O–H groups in total. The van der Waals surface area contributed by atoms with Crippen molar-refractivity contribution in [2.75, 3.05) is 6.54 Å². The maximum atomic E-state index is 12.6. The number of benzene rings is 1. The van der Waals surface area contributed by atoms with Gasteiger partial charge in [-0.15, -0.1) is 0 Å². The fourth-order valence-electron chi connectivity index (χ4n) is 2.99. The summed E-state index contributed by atoms with van der Waals surface area (Å²) < 4.78 is 0. The Kier molecular flexibility index (Phi) is 3.28. The van der Waals surface area contributed by atoms with E-state index in [1.807, 2.05) is 6.07 Å². The van der Waals surface area contributed by atoms with Crippen LogP contribution < -0.4 is 5.32 Å². The Morgan fingerprint density at radius 3 is 2.89 bits per heavy atom. The Hall–Kier alpha value is -1.41. The van der Waals surface area contributed by atoms with Gasteiger partial charge >= 0.3 is 0 Å². The predicted octanol–water partition coefficient (Wildman–Crippen LogP) is 2.94. The van der Waals surface area contributed by atoms with Gasteiger partial charge in [-0.3, -0.25) is 4.79 Å². The highest BCUT2D eigenvalue weighted by Gasteiger charge is 2.27. The van der Waals surface area contributed by atoms with Crippen LogP contribution in [0, 0.1) is 0 Å². The monoisotopic (exact) mass is 241 g/mol. The zero-order valence-electron chi connectivity index (χ0n) is 10.6. The van der Waals surface area contributed by atoms with E-state index in [4.69, 9.17) is 0 Å². The van der Waals surface area contributed by atoms with Gasteiger partial charge in [-0.2, -0.15) is 0 Å². The normalized spacial score (nSPS) is 23.1. The van der Waals surface area contributed by atoms with Gasteiger partial charge < -0.3 is 5.32 Å². The molecule has 0 spiro atoms. The molecule has 1 unspecified atom stereocenters. The number of allylic oxidation sites excluding steroid dienone is 1. The number of hydrogen-bond acceptors (Lipinski definition) is 2. The number of nitrogens with one attached hydrogen (secondary N) is 1. The lowest BCUT2D eigenvalue weighted by molar-refractivity contribution is -0.118. The third kappa shape index (κ3) is 2.13. The first-order valence-corrected chi connectivity index (χ1v) is 6.91. The third-order valence-corrected chi connectivity index (χ3v) is 3.98. The van der Waals surface area contributed by atoms with E-state index < -0.39 is 0 Å². The third-order valence-electron chi connectivity index (χ3n) is 3.98. The second-order valence-corrected chi connectivity index (χ2v) is 5.18. The lowest BCUT2D eigenvalue weighted by Crippen LogP contribution is -2.36. The number of Topliss-reactive ketones (excluding diaryl/α,β-unsaturated/α-hetero) is 1. The molecule has 2 nitrogen and oxygen atoms in total. The van der Waals surface area contributed by atoms with Crippen LogP contribution in [0.15, 0.2) is 35.9 Å². The van der Waals surface area contributed by atoms with E-state index in [0.29, 0.717) is 5.78 Å². The lowest BCUT2D eigenvalue weighted by atomic mass is 9.86. The first-order valence-electron chi connectivity index (χ1n) is 6.91. The molecule has 1 aliphatic carbocycles. The maximum Gasteiger partial charge on any atom is 0.179 e. The molecular weight excluding hydrogens is 222 g/mol. The van der Waals surface area contributed by atoms with Gasteiger partial charge in [0.05, 0.1) is 6.04 Å². The number of carbonyl (C=O) groups is 1. The summed E-state index contributed by atoms with van der Waals surface area (Å²) in [5.74, 6) is 0.293. The van der Waals surface area contributed by atoms with Crippen LogP contribution in [-0.2, 0) is 11.2 Å². The second kappa shape index (κ2) is 5.07. The standard InChI is InChI=1S/C16H19NO/c18-16(13-7-2-1-3-8-13)15-14-9-5-4-6-12(14)10-11-17-15/h4-7,9,15,17H,1-3,8,10-11H2. The molecule has 0 bridgehead atoms. The van der Waals surface area contributed by atoms with E-state index in [1.165, 1.54) is 17.5 Å². The SMILES string of the molecule is O=C(C1=CCCCC1)C1NCCc2ccccc21. The fourth-order valence-corrected chi connectivity index (χ4v) is 2.99. The molecule has 2 aliphatic rings. The highest BCUT2D eigenvalue weighted by molar-refractivity contribution is 6.00. The van der Waals surface area contributed by atoms with Crippen LogP contribution in [-0.4, -0.2) is 12.3 Å². The van der Waals surface area contributed by atoms with Crippen molar-refractivity contribution in [3.63, 3.8) is 0 Å². The Morgan fingerprint density at radius 2 is 2.06 bits per heavy atom. The Labute approximate surface area is 108 Å². The van der Waals surface area contributed by atoms with Crippen molar-refractivity contribution in [3.8, 4) is 0 Å². The lowest BCUT2D eigenvalue weighted by Gasteiger charge is -2.27. The summed E-state index contributed by atoms with van der Waals surface area (Å²) in [6.45, 7) is 0.903. The van der Waals surface area contributed by atoms with Gasteiger partial charge in [0.15, 0.2) is 5.78 Å². The van der Waals surface area contributed by atoms with Gasteiger partial charge in [-0.1, -0.05) is 30.3 Å². The van der Waals surface area contributed by atoms with Gasteiger partial charge in [0, 0.05) is 6.54 Å². The average molecular weight is 241 g/mol. The van der Waals surface area contributed by atoms with Crippen molar-refractivity contribution in [1.82, 2.24) is 5.32 Å². The van der Waals surface area contributed by atoms with Crippen molar-refractivity contribution in [2.24, 2.45) is 0 Å². The van der Waals surface area contributed by atoms with Crippen LogP contribution in [0.25, 0.3) is 0 Å². The van der Waals surface area contributed by atoms with Crippen LogP contribution in [0.5, 0.6) is 0 Å². The molecular formula is C16H19NO. The Bertz CT molecular complexity index is 490. The van der Waals surface area contributed by atoms with Crippen LogP contribution in [0.1, 0.15) is 42.9 Å². The molecule has 1 aromatic carbocycles. The minimum Gasteiger partial charge on any atom is -0.303 e. The van der Waals surface area contributed by atoms with Gasteiger partial charge in [-0.25, -0.2) is 0 Å². The van der Waals surface area contributed by atoms with E-state index in [2.05, 4.69) is 29.6 Å². The zero-order valence-corrected chi connectivity index (χ0v) is 10.6. The highest BCUT2D eigenvalue weighted by Crippen LogP contribution is 2.28. The van der Waals surface area contributed by atoms with Gasteiger partial charge in [0.1, 0.15) is 0 Å². The van der Waals surface area contributed by atoms with Crippen LogP contribution in [0.3, 0.4) is 0 Å². The molecule has 0 saturated heterocycles. The minimum absolute atomic E-state index is 0.112. The minimum atomic E-state index is -0.112. The number of ketones is 1. The van der Waals surface area contributed by atoms with Crippen LogP contribution in [0.4, 0.5) is 0 Å². The number of hydrogen-bond donors (Lipinski definition) is 1. The summed E-state index contributed by atoms with van der Waals surface area (Å²) in [6.07, 6.45) is 7.58. The molecule has 1 heterocycles. The van der Waals surface area contributed by atoms with E-state index >= 15 is 0 Å². The average Bonchev–Trinajstić information content (AvgIpc) is 2.47. The highest BCUT2D eigenvalue weighted by atomic mass is 16.1. The molecule has 1 aromatic rings. The largest absolute Gasteiger partial charge is 0.303 e. The van der Waals surface area contributed by atoms with Crippen LogP contribution in [0.2, 0.25) is 0 Å². The van der Waals surface area contributed by atoms with Gasteiger partial charge in [-0.05, 0) is 48.8 Å². The summed E-state index contributed by atoms with van der Waals surface area (Å²) in [5, 5.41) is 3.38. The van der Waals surface area contributed by atoms with E-state index in [1.54, 1.807) is 0 Å². The number of rotatable bonds is 2. The van der Waals surface area contributed by atoms with Crippen molar-refractivity contribution in [3.05, 3.63) is 47.0 Å². The molecule has 0 aromatic heterocycles. The molecule has 18 heavy (non-hydrogen) atoms. The van der Waals surface area contributed by atoms with Crippen LogP contribution >= 0.6 is 0 Å². The topological polar surface area (TPSA) is 29.1 Å². The summed E-state index contributed by atoms with van der Waals surface area (Å²) >= 11 is 0. The van der Waals surface area contributed by atoms with E-state index in [0.717, 1.165) is 37.8 Å². The summed E-state index contributed by atoms with van der Waals surface area (Å²) in [4.78, 5) is 12.6. The van der Waals surface area contributed by atoms with Gasteiger partial charge in [0.2, 0.25) is 0 Å². The molecule has 0 fully saturated rings. The van der Waals surface area contributed by atoms with Crippen molar-refractivity contribution >= 4 is 5.78 Å². The molecule has 0 amide bonds. The molecule has 94 valence electrons.